The Morgan fingerprint density at radius 1 is 1.35 bits per heavy atom. The van der Waals surface area contributed by atoms with Gasteiger partial charge in [-0.3, -0.25) is 9.69 Å². The van der Waals surface area contributed by atoms with Crippen molar-refractivity contribution in [3.63, 3.8) is 0 Å². The lowest BCUT2D eigenvalue weighted by Crippen LogP contribution is -2.16. The second-order valence-corrected chi connectivity index (χ2v) is 3.80. The van der Waals surface area contributed by atoms with Gasteiger partial charge in [-0.2, -0.15) is 0 Å². The first kappa shape index (κ1) is 11.4. The summed E-state index contributed by atoms with van der Waals surface area (Å²) in [6, 6.07) is 7.22. The van der Waals surface area contributed by atoms with Crippen LogP contribution in [0.1, 0.15) is 22.8 Å². The van der Waals surface area contributed by atoms with Gasteiger partial charge in [0.15, 0.2) is 5.78 Å². The molecular weight excluding hydrogens is 218 g/mol. The number of carbonyl (C=O) groups excluding carboxylic acids is 2. The van der Waals surface area contributed by atoms with E-state index >= 15 is 0 Å². The lowest BCUT2D eigenvalue weighted by atomic mass is 10.1. The highest BCUT2D eigenvalue weighted by Gasteiger charge is 2.18. The van der Waals surface area contributed by atoms with E-state index in [9.17, 15) is 9.59 Å². The summed E-state index contributed by atoms with van der Waals surface area (Å²) in [5.41, 5.74) is 1.62. The minimum atomic E-state index is -0.318. The van der Waals surface area contributed by atoms with Gasteiger partial charge in [0.1, 0.15) is 6.61 Å². The molecule has 17 heavy (non-hydrogen) atoms. The summed E-state index contributed by atoms with van der Waals surface area (Å²) in [6.45, 7) is 2.55. The van der Waals surface area contributed by atoms with E-state index in [2.05, 4.69) is 0 Å². The molecule has 1 saturated heterocycles. The first-order valence-corrected chi connectivity index (χ1v) is 5.39. The zero-order chi connectivity index (χ0) is 12.3. The minimum absolute atomic E-state index is 0.0450. The van der Waals surface area contributed by atoms with Crippen LogP contribution >= 0.6 is 0 Å². The van der Waals surface area contributed by atoms with Crippen molar-refractivity contribution in [3.8, 4) is 0 Å². The van der Waals surface area contributed by atoms with Crippen molar-refractivity contribution < 1.29 is 14.3 Å². The molecule has 0 bridgehead atoms. The maximum Gasteiger partial charge on any atom is 0.413 e. The Kier molecular flexibility index (Phi) is 3.23. The number of ketones is 1. The molecule has 1 aromatic rings. The van der Waals surface area contributed by atoms with E-state index in [-0.39, 0.29) is 11.9 Å². The van der Waals surface area contributed by atoms with Crippen LogP contribution < -0.4 is 0 Å². The van der Waals surface area contributed by atoms with Gasteiger partial charge in [-0.15, -0.1) is 0 Å². The molecule has 0 spiro atoms. The maximum absolute atomic E-state index is 11.1. The second kappa shape index (κ2) is 4.82. The predicted molar refractivity (Wildman–Crippen MR) is 63.5 cm³/mol. The van der Waals surface area contributed by atoms with Gasteiger partial charge >= 0.3 is 6.09 Å². The highest BCUT2D eigenvalue weighted by Crippen LogP contribution is 2.09. The Morgan fingerprint density at radius 3 is 2.59 bits per heavy atom. The largest absolute Gasteiger partial charge is 0.447 e. The summed E-state index contributed by atoms with van der Waals surface area (Å²) in [6.07, 6.45) is 3.19. The number of benzene rings is 1. The van der Waals surface area contributed by atoms with Gasteiger partial charge < -0.3 is 4.74 Å². The average Bonchev–Trinajstić information content (AvgIpc) is 2.73. The van der Waals surface area contributed by atoms with Gasteiger partial charge in [-0.05, 0) is 18.6 Å². The van der Waals surface area contributed by atoms with Gasteiger partial charge in [0.25, 0.3) is 0 Å². The van der Waals surface area contributed by atoms with Gasteiger partial charge in [0, 0.05) is 11.8 Å². The molecule has 1 amide bonds. The van der Waals surface area contributed by atoms with E-state index in [1.54, 1.807) is 18.3 Å². The van der Waals surface area contributed by atoms with Crippen LogP contribution in [0.2, 0.25) is 0 Å². The van der Waals surface area contributed by atoms with Crippen LogP contribution in [0, 0.1) is 0 Å². The summed E-state index contributed by atoms with van der Waals surface area (Å²) in [5.74, 6) is 0.0450. The highest BCUT2D eigenvalue weighted by molar-refractivity contribution is 5.94. The molecule has 0 aromatic heterocycles. The number of amides is 1. The van der Waals surface area contributed by atoms with Gasteiger partial charge in [0.05, 0.1) is 6.54 Å². The van der Waals surface area contributed by atoms with Crippen LogP contribution in [-0.2, 0) is 4.74 Å². The molecule has 1 fully saturated rings. The molecular formula is C13H13NO3. The number of cyclic esters (lactones) is 1. The molecule has 4 heteroatoms. The molecule has 0 radical (unpaired) electrons. The first-order chi connectivity index (χ1) is 8.16. The molecule has 1 aliphatic rings. The Morgan fingerprint density at radius 2 is 2.06 bits per heavy atom. The quantitative estimate of drug-likeness (QED) is 0.750. The topological polar surface area (TPSA) is 46.6 Å². The molecule has 1 heterocycles. The van der Waals surface area contributed by atoms with E-state index in [1.807, 2.05) is 18.2 Å². The summed E-state index contributed by atoms with van der Waals surface area (Å²) < 4.78 is 4.80. The van der Waals surface area contributed by atoms with Crippen molar-refractivity contribution in [2.75, 3.05) is 13.2 Å². The Bertz CT molecular complexity index is 462. The third kappa shape index (κ3) is 2.72. The Balaban J connectivity index is 2.06. The smallest absolute Gasteiger partial charge is 0.413 e. The van der Waals surface area contributed by atoms with Gasteiger partial charge in [-0.1, -0.05) is 24.3 Å². The number of hydrogen-bond acceptors (Lipinski definition) is 3. The van der Waals surface area contributed by atoms with E-state index in [1.165, 1.54) is 11.8 Å². The minimum Gasteiger partial charge on any atom is -0.447 e. The number of carbonyl (C=O) groups is 2. The van der Waals surface area contributed by atoms with Crippen molar-refractivity contribution in [2.24, 2.45) is 0 Å². The fourth-order valence-electron chi connectivity index (χ4n) is 1.55. The fraction of sp³-hybridized carbons (Fsp3) is 0.231. The molecule has 0 N–H and O–H groups in total. The number of rotatable bonds is 3. The zero-order valence-electron chi connectivity index (χ0n) is 9.55. The zero-order valence-corrected chi connectivity index (χ0v) is 9.55. The van der Waals surface area contributed by atoms with E-state index in [0.29, 0.717) is 18.7 Å². The summed E-state index contributed by atoms with van der Waals surface area (Å²) in [5, 5.41) is 0. The van der Waals surface area contributed by atoms with Crippen molar-refractivity contribution in [3.05, 3.63) is 41.6 Å². The number of ether oxygens (including phenoxy) is 1. The van der Waals surface area contributed by atoms with Crippen LogP contribution in [0.25, 0.3) is 6.08 Å². The van der Waals surface area contributed by atoms with Crippen LogP contribution in [0.3, 0.4) is 0 Å². The fourth-order valence-corrected chi connectivity index (χ4v) is 1.55. The van der Waals surface area contributed by atoms with Gasteiger partial charge in [0.2, 0.25) is 0 Å². The van der Waals surface area contributed by atoms with E-state index < -0.39 is 0 Å². The third-order valence-corrected chi connectivity index (χ3v) is 2.56. The lowest BCUT2D eigenvalue weighted by molar-refractivity contribution is 0.101. The van der Waals surface area contributed by atoms with Crippen molar-refractivity contribution in [1.29, 1.82) is 0 Å². The van der Waals surface area contributed by atoms with Crippen molar-refractivity contribution >= 4 is 18.0 Å². The monoisotopic (exact) mass is 231 g/mol. The van der Waals surface area contributed by atoms with Crippen LogP contribution in [0.5, 0.6) is 0 Å². The van der Waals surface area contributed by atoms with Crippen LogP contribution in [-0.4, -0.2) is 29.9 Å². The SMILES string of the molecule is CC(=O)c1ccc(/C=C\N2CCOC2=O)cc1. The van der Waals surface area contributed by atoms with Crippen LogP contribution in [0.4, 0.5) is 4.79 Å². The molecule has 0 atom stereocenters. The summed E-state index contributed by atoms with van der Waals surface area (Å²) >= 11 is 0. The predicted octanol–water partition coefficient (Wildman–Crippen LogP) is 2.31. The maximum atomic E-state index is 11.1. The standard InChI is InChI=1S/C13H13NO3/c1-10(15)12-4-2-11(3-5-12)6-7-14-8-9-17-13(14)16/h2-7H,8-9H2,1H3/b7-6-. The van der Waals surface area contributed by atoms with E-state index in [0.717, 1.165) is 5.56 Å². The first-order valence-electron chi connectivity index (χ1n) is 5.39. The summed E-state index contributed by atoms with van der Waals surface area (Å²) in [4.78, 5) is 23.7. The van der Waals surface area contributed by atoms with Crippen molar-refractivity contribution in [1.82, 2.24) is 4.90 Å². The lowest BCUT2D eigenvalue weighted by Gasteiger charge is -2.04. The second-order valence-electron chi connectivity index (χ2n) is 3.80. The molecule has 4 nitrogen and oxygen atoms in total. The Labute approximate surface area is 99.5 Å². The number of hydrogen-bond donors (Lipinski definition) is 0. The van der Waals surface area contributed by atoms with Crippen LogP contribution in [0.15, 0.2) is 30.5 Å². The molecule has 0 saturated carbocycles. The molecule has 0 unspecified atom stereocenters. The Hall–Kier alpha value is -2.10. The number of nitrogens with zero attached hydrogens (tertiary/aromatic N) is 1. The van der Waals surface area contributed by atoms with Crippen molar-refractivity contribution in [2.45, 2.75) is 6.92 Å². The average molecular weight is 231 g/mol. The normalized spacial score (nSPS) is 15.4. The van der Waals surface area contributed by atoms with E-state index in [4.69, 9.17) is 4.74 Å². The molecule has 1 aliphatic heterocycles. The number of Topliss-reactive ketones (excluding diaryl/α,β-unsaturated/α-hetero) is 1. The molecule has 88 valence electrons. The third-order valence-electron chi connectivity index (χ3n) is 2.56. The molecule has 0 aliphatic carbocycles. The molecule has 2 rings (SSSR count). The molecule has 1 aromatic carbocycles. The summed E-state index contributed by atoms with van der Waals surface area (Å²) in [7, 11) is 0. The van der Waals surface area contributed by atoms with Gasteiger partial charge in [-0.25, -0.2) is 4.79 Å². The highest BCUT2D eigenvalue weighted by atomic mass is 16.6.